The summed E-state index contributed by atoms with van der Waals surface area (Å²) in [4.78, 5) is 10.8. The Morgan fingerprint density at radius 2 is 2.06 bits per heavy atom. The minimum Gasteiger partial charge on any atom is -0.478 e. The molecule has 1 aromatic heterocycles. The zero-order chi connectivity index (χ0) is 13.8. The standard InChI is InChI=1S/C13H24N4O/c1-6-18-12-7-11(15-10(2)16-12)17(5)9-13(3,4)8-14/h7H,6,8-9,14H2,1-5H3. The van der Waals surface area contributed by atoms with Gasteiger partial charge in [-0.25, -0.2) is 4.98 Å². The normalized spacial score (nSPS) is 11.4. The Morgan fingerprint density at radius 1 is 1.39 bits per heavy atom. The van der Waals surface area contributed by atoms with Crippen LogP contribution in [-0.2, 0) is 0 Å². The molecule has 1 rings (SSSR count). The fourth-order valence-electron chi connectivity index (χ4n) is 1.73. The van der Waals surface area contributed by atoms with Crippen molar-refractivity contribution in [1.82, 2.24) is 9.97 Å². The van der Waals surface area contributed by atoms with Gasteiger partial charge in [0.2, 0.25) is 5.88 Å². The van der Waals surface area contributed by atoms with Gasteiger partial charge in [-0.1, -0.05) is 13.8 Å². The van der Waals surface area contributed by atoms with E-state index < -0.39 is 0 Å². The molecule has 102 valence electrons. The first kappa shape index (κ1) is 14.7. The lowest BCUT2D eigenvalue weighted by molar-refractivity contribution is 0.325. The maximum absolute atomic E-state index is 5.76. The van der Waals surface area contributed by atoms with Gasteiger partial charge in [-0.2, -0.15) is 4.98 Å². The lowest BCUT2D eigenvalue weighted by Crippen LogP contribution is -2.37. The number of ether oxygens (including phenoxy) is 1. The summed E-state index contributed by atoms with van der Waals surface area (Å²) < 4.78 is 5.43. The van der Waals surface area contributed by atoms with Gasteiger partial charge in [0, 0.05) is 19.7 Å². The van der Waals surface area contributed by atoms with Gasteiger partial charge in [0.15, 0.2) is 0 Å². The van der Waals surface area contributed by atoms with Crippen molar-refractivity contribution in [3.63, 3.8) is 0 Å². The molecule has 1 heterocycles. The third kappa shape index (κ3) is 4.14. The first-order chi connectivity index (χ1) is 8.38. The molecule has 0 saturated carbocycles. The number of nitrogens with zero attached hydrogens (tertiary/aromatic N) is 3. The van der Waals surface area contributed by atoms with Gasteiger partial charge in [-0.3, -0.25) is 0 Å². The van der Waals surface area contributed by atoms with E-state index >= 15 is 0 Å². The first-order valence-corrected chi connectivity index (χ1v) is 6.27. The van der Waals surface area contributed by atoms with Gasteiger partial charge in [0.25, 0.3) is 0 Å². The number of hydrogen-bond donors (Lipinski definition) is 1. The zero-order valence-electron chi connectivity index (χ0n) is 12.0. The molecule has 0 unspecified atom stereocenters. The van der Waals surface area contributed by atoms with E-state index in [1.54, 1.807) is 0 Å². The third-order valence-corrected chi connectivity index (χ3v) is 2.70. The molecule has 0 aliphatic heterocycles. The van der Waals surface area contributed by atoms with Crippen LogP contribution >= 0.6 is 0 Å². The third-order valence-electron chi connectivity index (χ3n) is 2.70. The maximum atomic E-state index is 5.76. The van der Waals surface area contributed by atoms with Crippen molar-refractivity contribution in [2.24, 2.45) is 11.1 Å². The second kappa shape index (κ2) is 6.00. The molecule has 0 atom stereocenters. The lowest BCUT2D eigenvalue weighted by atomic mass is 9.93. The summed E-state index contributed by atoms with van der Waals surface area (Å²) in [7, 11) is 2.01. The van der Waals surface area contributed by atoms with Crippen molar-refractivity contribution in [1.29, 1.82) is 0 Å². The Labute approximate surface area is 109 Å². The van der Waals surface area contributed by atoms with Crippen molar-refractivity contribution in [2.45, 2.75) is 27.7 Å². The average molecular weight is 252 g/mol. The average Bonchev–Trinajstić information content (AvgIpc) is 2.28. The topological polar surface area (TPSA) is 64.3 Å². The van der Waals surface area contributed by atoms with Crippen LogP contribution in [0.25, 0.3) is 0 Å². The first-order valence-electron chi connectivity index (χ1n) is 6.27. The van der Waals surface area contributed by atoms with E-state index in [0.717, 1.165) is 12.4 Å². The zero-order valence-corrected chi connectivity index (χ0v) is 12.0. The predicted molar refractivity (Wildman–Crippen MR) is 74.0 cm³/mol. The molecule has 2 N–H and O–H groups in total. The monoisotopic (exact) mass is 252 g/mol. The van der Waals surface area contributed by atoms with Crippen LogP contribution in [-0.4, -0.2) is 36.7 Å². The van der Waals surface area contributed by atoms with Crippen molar-refractivity contribution in [3.8, 4) is 5.88 Å². The molecule has 1 aromatic rings. The highest BCUT2D eigenvalue weighted by Gasteiger charge is 2.19. The Balaban J connectivity index is 2.88. The van der Waals surface area contributed by atoms with E-state index in [1.165, 1.54) is 0 Å². The van der Waals surface area contributed by atoms with Crippen molar-refractivity contribution in [3.05, 3.63) is 11.9 Å². The van der Waals surface area contributed by atoms with Gasteiger partial charge in [0.1, 0.15) is 11.6 Å². The van der Waals surface area contributed by atoms with E-state index in [2.05, 4.69) is 28.7 Å². The van der Waals surface area contributed by atoms with Crippen LogP contribution in [0.4, 0.5) is 5.82 Å². The minimum atomic E-state index is 0.0549. The molecular weight excluding hydrogens is 228 g/mol. The molecule has 0 bridgehead atoms. The van der Waals surface area contributed by atoms with Gasteiger partial charge < -0.3 is 15.4 Å². The Hall–Kier alpha value is -1.36. The van der Waals surface area contributed by atoms with E-state index in [4.69, 9.17) is 10.5 Å². The molecule has 5 heteroatoms. The molecule has 0 radical (unpaired) electrons. The highest BCUT2D eigenvalue weighted by Crippen LogP contribution is 2.21. The second-order valence-electron chi connectivity index (χ2n) is 5.27. The van der Waals surface area contributed by atoms with E-state index in [1.807, 2.05) is 27.0 Å². The second-order valence-corrected chi connectivity index (χ2v) is 5.27. The maximum Gasteiger partial charge on any atom is 0.218 e. The Bertz CT molecular complexity index is 393. The van der Waals surface area contributed by atoms with E-state index in [9.17, 15) is 0 Å². The lowest BCUT2D eigenvalue weighted by Gasteiger charge is -2.29. The summed E-state index contributed by atoms with van der Waals surface area (Å²) in [6.07, 6.45) is 0. The van der Waals surface area contributed by atoms with Crippen LogP contribution in [0.15, 0.2) is 6.07 Å². The number of rotatable bonds is 6. The van der Waals surface area contributed by atoms with E-state index in [0.29, 0.717) is 24.9 Å². The number of nitrogens with two attached hydrogens (primary N) is 1. The minimum absolute atomic E-state index is 0.0549. The molecular formula is C13H24N4O. The highest BCUT2D eigenvalue weighted by molar-refractivity contribution is 5.41. The van der Waals surface area contributed by atoms with Gasteiger partial charge in [-0.15, -0.1) is 0 Å². The molecule has 0 fully saturated rings. The molecule has 0 aliphatic carbocycles. The van der Waals surface area contributed by atoms with Crippen LogP contribution in [0, 0.1) is 12.3 Å². The fraction of sp³-hybridized carbons (Fsp3) is 0.692. The Kier molecular flexibility index (Phi) is 4.90. The number of aryl methyl sites for hydroxylation is 1. The number of aromatic nitrogens is 2. The van der Waals surface area contributed by atoms with Crippen LogP contribution in [0.1, 0.15) is 26.6 Å². The van der Waals surface area contributed by atoms with Gasteiger partial charge in [0.05, 0.1) is 6.61 Å². The summed E-state index contributed by atoms with van der Waals surface area (Å²) in [6, 6.07) is 1.86. The van der Waals surface area contributed by atoms with Crippen molar-refractivity contribution >= 4 is 5.82 Å². The van der Waals surface area contributed by atoms with Crippen LogP contribution in [0.2, 0.25) is 0 Å². The SMILES string of the molecule is CCOc1cc(N(C)CC(C)(C)CN)nc(C)n1. The molecule has 18 heavy (non-hydrogen) atoms. The summed E-state index contributed by atoms with van der Waals surface area (Å²) in [5, 5.41) is 0. The molecule has 0 amide bonds. The Morgan fingerprint density at radius 3 is 2.61 bits per heavy atom. The summed E-state index contributed by atoms with van der Waals surface area (Å²) in [5.41, 5.74) is 5.81. The smallest absolute Gasteiger partial charge is 0.218 e. The highest BCUT2D eigenvalue weighted by atomic mass is 16.5. The molecule has 0 spiro atoms. The van der Waals surface area contributed by atoms with Crippen molar-refractivity contribution in [2.75, 3.05) is 31.6 Å². The van der Waals surface area contributed by atoms with Crippen LogP contribution in [0.5, 0.6) is 5.88 Å². The van der Waals surface area contributed by atoms with E-state index in [-0.39, 0.29) is 5.41 Å². The summed E-state index contributed by atoms with van der Waals surface area (Å²) >= 11 is 0. The number of anilines is 1. The van der Waals surface area contributed by atoms with Gasteiger partial charge in [-0.05, 0) is 25.8 Å². The van der Waals surface area contributed by atoms with Crippen LogP contribution in [0.3, 0.4) is 0 Å². The number of hydrogen-bond acceptors (Lipinski definition) is 5. The largest absolute Gasteiger partial charge is 0.478 e. The van der Waals surface area contributed by atoms with Crippen LogP contribution < -0.4 is 15.4 Å². The summed E-state index contributed by atoms with van der Waals surface area (Å²) in [5.74, 6) is 2.21. The van der Waals surface area contributed by atoms with Crippen molar-refractivity contribution < 1.29 is 4.74 Å². The molecule has 0 saturated heterocycles. The quantitative estimate of drug-likeness (QED) is 0.833. The summed E-state index contributed by atoms with van der Waals surface area (Å²) in [6.45, 7) is 10.2. The fourth-order valence-corrected chi connectivity index (χ4v) is 1.73. The molecule has 0 aliphatic rings. The predicted octanol–water partition coefficient (Wildman–Crippen LogP) is 1.60. The molecule has 5 nitrogen and oxygen atoms in total. The van der Waals surface area contributed by atoms with Gasteiger partial charge >= 0.3 is 0 Å². The molecule has 0 aromatic carbocycles.